The SMILES string of the molecule is CN1C=CC2N=C(S(C)=O)NC(=NC3(C)CC3)C2C1=O. The third-order valence-corrected chi connectivity index (χ3v) is 4.65. The van der Waals surface area contributed by atoms with Crippen molar-refractivity contribution in [1.82, 2.24) is 10.2 Å². The van der Waals surface area contributed by atoms with Crippen LogP contribution in [0.2, 0.25) is 0 Å². The van der Waals surface area contributed by atoms with Gasteiger partial charge in [0, 0.05) is 19.5 Å². The molecule has 0 aromatic heterocycles. The number of amides is 1. The zero-order valence-electron chi connectivity index (χ0n) is 11.8. The summed E-state index contributed by atoms with van der Waals surface area (Å²) >= 11 is 0. The molecule has 1 N–H and O–H groups in total. The number of hydrogen-bond acceptors (Lipinski definition) is 4. The fourth-order valence-corrected chi connectivity index (χ4v) is 2.86. The van der Waals surface area contributed by atoms with Crippen LogP contribution in [0.4, 0.5) is 0 Å². The van der Waals surface area contributed by atoms with E-state index in [1.54, 1.807) is 24.4 Å². The van der Waals surface area contributed by atoms with Gasteiger partial charge in [-0.15, -0.1) is 0 Å². The topological polar surface area (TPSA) is 74.1 Å². The molecule has 0 bridgehead atoms. The average molecular weight is 294 g/mol. The highest BCUT2D eigenvalue weighted by Crippen LogP contribution is 2.40. The molecule has 1 fully saturated rings. The van der Waals surface area contributed by atoms with E-state index in [4.69, 9.17) is 4.99 Å². The highest BCUT2D eigenvalue weighted by Gasteiger charge is 2.44. The van der Waals surface area contributed by atoms with Gasteiger partial charge < -0.3 is 10.2 Å². The molecule has 20 heavy (non-hydrogen) atoms. The van der Waals surface area contributed by atoms with Gasteiger partial charge in [0.2, 0.25) is 5.91 Å². The number of rotatable bonds is 1. The van der Waals surface area contributed by atoms with Gasteiger partial charge in [0.25, 0.3) is 0 Å². The second-order valence-corrected chi connectivity index (χ2v) is 7.06. The number of fused-ring (bicyclic) bond motifs is 1. The van der Waals surface area contributed by atoms with Crippen molar-refractivity contribution in [3.05, 3.63) is 12.3 Å². The van der Waals surface area contributed by atoms with E-state index < -0.39 is 16.7 Å². The Bertz CT molecular complexity index is 577. The highest BCUT2D eigenvalue weighted by molar-refractivity contribution is 7.99. The third-order valence-electron chi connectivity index (χ3n) is 3.89. The van der Waals surface area contributed by atoms with Crippen LogP contribution in [-0.4, -0.2) is 50.9 Å². The lowest BCUT2D eigenvalue weighted by Crippen LogP contribution is -2.54. The molecule has 0 radical (unpaired) electrons. The molecule has 3 unspecified atom stereocenters. The zero-order valence-corrected chi connectivity index (χ0v) is 12.6. The van der Waals surface area contributed by atoms with Gasteiger partial charge in [0.05, 0.1) is 22.4 Å². The first kappa shape index (κ1) is 13.5. The maximum atomic E-state index is 12.4. The summed E-state index contributed by atoms with van der Waals surface area (Å²) in [5, 5.41) is 3.42. The molecule has 108 valence electrons. The average Bonchev–Trinajstić information content (AvgIpc) is 3.11. The number of carbonyl (C=O) groups excluding carboxylic acids is 1. The molecule has 7 heteroatoms. The van der Waals surface area contributed by atoms with E-state index in [1.165, 1.54) is 0 Å². The van der Waals surface area contributed by atoms with Crippen molar-refractivity contribution >= 4 is 27.7 Å². The van der Waals surface area contributed by atoms with Crippen molar-refractivity contribution in [3.8, 4) is 0 Å². The molecule has 0 aromatic rings. The van der Waals surface area contributed by atoms with Gasteiger partial charge in [-0.3, -0.25) is 19.0 Å². The van der Waals surface area contributed by atoms with Gasteiger partial charge in [0.1, 0.15) is 11.8 Å². The number of hydrogen-bond donors (Lipinski definition) is 1. The van der Waals surface area contributed by atoms with E-state index in [0.29, 0.717) is 11.0 Å². The highest BCUT2D eigenvalue weighted by atomic mass is 32.2. The molecule has 0 aromatic carbocycles. The lowest BCUT2D eigenvalue weighted by Gasteiger charge is -2.34. The van der Waals surface area contributed by atoms with Gasteiger partial charge in [-0.2, -0.15) is 0 Å². The lowest BCUT2D eigenvalue weighted by molar-refractivity contribution is -0.130. The van der Waals surface area contributed by atoms with Crippen molar-refractivity contribution in [3.63, 3.8) is 0 Å². The van der Waals surface area contributed by atoms with Gasteiger partial charge in [-0.1, -0.05) is 0 Å². The van der Waals surface area contributed by atoms with Crippen LogP contribution in [0.1, 0.15) is 19.8 Å². The molecule has 0 spiro atoms. The van der Waals surface area contributed by atoms with Crippen molar-refractivity contribution in [1.29, 1.82) is 0 Å². The van der Waals surface area contributed by atoms with E-state index in [1.807, 2.05) is 6.08 Å². The smallest absolute Gasteiger partial charge is 0.239 e. The molecule has 6 nitrogen and oxygen atoms in total. The van der Waals surface area contributed by atoms with Crippen LogP contribution in [0.5, 0.6) is 0 Å². The van der Waals surface area contributed by atoms with Crippen LogP contribution in [0.25, 0.3) is 0 Å². The summed E-state index contributed by atoms with van der Waals surface area (Å²) in [6.07, 6.45) is 7.20. The van der Waals surface area contributed by atoms with Crippen LogP contribution in [0, 0.1) is 5.92 Å². The monoisotopic (exact) mass is 294 g/mol. The number of amidine groups is 2. The maximum absolute atomic E-state index is 12.4. The Morgan fingerprint density at radius 1 is 1.55 bits per heavy atom. The molecule has 3 aliphatic rings. The Hall–Kier alpha value is -1.50. The van der Waals surface area contributed by atoms with Crippen LogP contribution in [-0.2, 0) is 15.6 Å². The van der Waals surface area contributed by atoms with Crippen LogP contribution in [0.15, 0.2) is 22.3 Å². The Labute approximate surface area is 120 Å². The molecule has 3 rings (SSSR count). The van der Waals surface area contributed by atoms with Crippen molar-refractivity contribution in [2.75, 3.05) is 13.3 Å². The van der Waals surface area contributed by atoms with Gasteiger partial charge >= 0.3 is 0 Å². The summed E-state index contributed by atoms with van der Waals surface area (Å²) in [4.78, 5) is 23.0. The summed E-state index contributed by atoms with van der Waals surface area (Å²) in [5.74, 6) is 0.156. The minimum Gasteiger partial charge on any atom is -0.322 e. The number of carbonyl (C=O) groups is 1. The normalized spacial score (nSPS) is 34.4. The molecule has 2 aliphatic heterocycles. The number of nitrogens with zero attached hydrogens (tertiary/aromatic N) is 3. The summed E-state index contributed by atoms with van der Waals surface area (Å²) in [6, 6.07) is -0.306. The van der Waals surface area contributed by atoms with E-state index in [-0.39, 0.29) is 17.5 Å². The Morgan fingerprint density at radius 2 is 2.25 bits per heavy atom. The molecular weight excluding hydrogens is 276 g/mol. The molecule has 0 saturated heterocycles. The Kier molecular flexibility index (Phi) is 3.04. The molecular formula is C13H18N4O2S. The summed E-state index contributed by atoms with van der Waals surface area (Å²) < 4.78 is 11.7. The fraction of sp³-hybridized carbons (Fsp3) is 0.615. The maximum Gasteiger partial charge on any atom is 0.239 e. The van der Waals surface area contributed by atoms with E-state index in [9.17, 15) is 9.00 Å². The zero-order chi connectivity index (χ0) is 14.5. The summed E-state index contributed by atoms with van der Waals surface area (Å²) in [6.45, 7) is 2.07. The second-order valence-electron chi connectivity index (χ2n) is 5.77. The second kappa shape index (κ2) is 4.51. The van der Waals surface area contributed by atoms with Crippen molar-refractivity contribution < 1.29 is 9.00 Å². The predicted octanol–water partition coefficient (Wildman–Crippen LogP) is 0.246. The van der Waals surface area contributed by atoms with Crippen molar-refractivity contribution in [2.24, 2.45) is 15.9 Å². The van der Waals surface area contributed by atoms with Gasteiger partial charge in [-0.25, -0.2) is 0 Å². The fourth-order valence-electron chi connectivity index (χ4n) is 2.35. The van der Waals surface area contributed by atoms with E-state index in [0.717, 1.165) is 12.8 Å². The minimum absolute atomic E-state index is 0.0299. The lowest BCUT2D eigenvalue weighted by atomic mass is 9.93. The van der Waals surface area contributed by atoms with Gasteiger partial charge in [-0.05, 0) is 25.8 Å². The van der Waals surface area contributed by atoms with Crippen LogP contribution >= 0.6 is 0 Å². The standard InChI is InChI=1S/C13H18N4O2S/c1-13(5-6-13)16-10-9-8(4-7-17(2)11(9)18)14-12(15-10)20(3)19/h4,7-9H,5-6H2,1-3H3,(H,14,15,16). The first-order valence-electron chi connectivity index (χ1n) is 6.63. The Balaban J connectivity index is 2.03. The molecule has 1 amide bonds. The summed E-state index contributed by atoms with van der Waals surface area (Å²) in [5.41, 5.74) is -0.0788. The van der Waals surface area contributed by atoms with Gasteiger partial charge in [0.15, 0.2) is 5.17 Å². The Morgan fingerprint density at radius 3 is 2.85 bits per heavy atom. The number of nitrogens with one attached hydrogen (secondary N) is 1. The third kappa shape index (κ3) is 2.30. The first-order chi connectivity index (χ1) is 9.39. The minimum atomic E-state index is -1.22. The molecule has 3 atom stereocenters. The largest absolute Gasteiger partial charge is 0.322 e. The number of aliphatic imine (C=N–C) groups is 2. The van der Waals surface area contributed by atoms with Crippen LogP contribution in [0.3, 0.4) is 0 Å². The van der Waals surface area contributed by atoms with Crippen molar-refractivity contribution in [2.45, 2.75) is 31.3 Å². The summed E-state index contributed by atoms with van der Waals surface area (Å²) in [7, 11) is 0.508. The van der Waals surface area contributed by atoms with E-state index in [2.05, 4.69) is 17.2 Å². The van der Waals surface area contributed by atoms with Crippen LogP contribution < -0.4 is 5.32 Å². The molecule has 2 heterocycles. The van der Waals surface area contributed by atoms with E-state index >= 15 is 0 Å². The quantitative estimate of drug-likeness (QED) is 0.753. The first-order valence-corrected chi connectivity index (χ1v) is 8.18. The molecule has 1 saturated carbocycles. The molecule has 1 aliphatic carbocycles. The predicted molar refractivity (Wildman–Crippen MR) is 78.9 cm³/mol.